The first kappa shape index (κ1) is 22.8. The normalized spacial score (nSPS) is 12.4. The third-order valence-electron chi connectivity index (χ3n) is 4.75. The average Bonchev–Trinajstić information content (AvgIpc) is 2.80. The van der Waals surface area contributed by atoms with Crippen molar-refractivity contribution in [1.82, 2.24) is 5.32 Å². The van der Waals surface area contributed by atoms with E-state index in [0.717, 1.165) is 0 Å². The molecule has 30 heavy (non-hydrogen) atoms. The van der Waals surface area contributed by atoms with Crippen LogP contribution >= 0.6 is 0 Å². The van der Waals surface area contributed by atoms with Gasteiger partial charge in [0.1, 0.15) is 6.04 Å². The number of benzene rings is 2. The Bertz CT molecular complexity index is 909. The van der Waals surface area contributed by atoms with Crippen LogP contribution in [-0.2, 0) is 19.1 Å². The third-order valence-corrected chi connectivity index (χ3v) is 4.75. The van der Waals surface area contributed by atoms with Gasteiger partial charge in [0, 0.05) is 11.1 Å². The van der Waals surface area contributed by atoms with Gasteiger partial charge in [0.2, 0.25) is 0 Å². The molecule has 0 aromatic heterocycles. The molecule has 0 aliphatic heterocycles. The highest BCUT2D eigenvalue weighted by Crippen LogP contribution is 2.16. The molecule has 7 heteroatoms. The van der Waals surface area contributed by atoms with Gasteiger partial charge >= 0.3 is 11.9 Å². The molecule has 0 aliphatic carbocycles. The summed E-state index contributed by atoms with van der Waals surface area (Å²) in [6.07, 6.45) is 0.648. The fourth-order valence-corrected chi connectivity index (χ4v) is 2.82. The summed E-state index contributed by atoms with van der Waals surface area (Å²) >= 11 is 0. The van der Waals surface area contributed by atoms with Crippen molar-refractivity contribution < 1.29 is 28.7 Å². The molecule has 0 heterocycles. The van der Waals surface area contributed by atoms with Gasteiger partial charge in [-0.25, -0.2) is 9.59 Å². The zero-order valence-electron chi connectivity index (χ0n) is 17.2. The Kier molecular flexibility index (Phi) is 8.29. The lowest BCUT2D eigenvalue weighted by Crippen LogP contribution is -2.47. The van der Waals surface area contributed by atoms with Crippen molar-refractivity contribution in [2.24, 2.45) is 5.92 Å². The second-order valence-corrected chi connectivity index (χ2v) is 6.77. The van der Waals surface area contributed by atoms with Crippen LogP contribution in [0.4, 0.5) is 0 Å². The molecule has 158 valence electrons. The van der Waals surface area contributed by atoms with Gasteiger partial charge in [-0.2, -0.15) is 0 Å². The van der Waals surface area contributed by atoms with E-state index >= 15 is 0 Å². The van der Waals surface area contributed by atoms with E-state index in [1.807, 2.05) is 6.92 Å². The number of ketones is 1. The first-order valence-corrected chi connectivity index (χ1v) is 9.62. The Hall–Kier alpha value is -3.48. The lowest BCUT2D eigenvalue weighted by molar-refractivity contribution is -0.147. The Balaban J connectivity index is 2.07. The monoisotopic (exact) mass is 411 g/mol. The van der Waals surface area contributed by atoms with E-state index < -0.39 is 30.5 Å². The van der Waals surface area contributed by atoms with Crippen molar-refractivity contribution in [3.05, 3.63) is 71.3 Å². The molecule has 0 spiro atoms. The first-order valence-electron chi connectivity index (χ1n) is 9.62. The minimum absolute atomic E-state index is 0.0607. The molecule has 2 rings (SSSR count). The highest BCUT2D eigenvalue weighted by Gasteiger charge is 2.27. The summed E-state index contributed by atoms with van der Waals surface area (Å²) in [6, 6.07) is 14.0. The number of rotatable bonds is 9. The van der Waals surface area contributed by atoms with Crippen molar-refractivity contribution in [2.45, 2.75) is 26.3 Å². The maximum atomic E-state index is 12.7. The summed E-state index contributed by atoms with van der Waals surface area (Å²) in [5.41, 5.74) is 0.678. The maximum Gasteiger partial charge on any atom is 0.339 e. The maximum absolute atomic E-state index is 12.7. The smallest absolute Gasteiger partial charge is 0.339 e. The molecule has 0 fully saturated rings. The summed E-state index contributed by atoms with van der Waals surface area (Å²) in [4.78, 5) is 49.3. The number of methoxy groups -OCH3 is 1. The number of ether oxygens (including phenoxy) is 2. The van der Waals surface area contributed by atoms with E-state index in [9.17, 15) is 19.2 Å². The fourth-order valence-electron chi connectivity index (χ4n) is 2.82. The second-order valence-electron chi connectivity index (χ2n) is 6.77. The molecule has 0 aliphatic rings. The molecule has 2 aromatic carbocycles. The molecule has 2 aromatic rings. The SMILES string of the molecule is CC[C@H](C)[C@@H](NC(=O)COC(=O)c1ccccc1C(=O)c1ccccc1)C(=O)OC. The number of carbonyl (C=O) groups is 4. The minimum atomic E-state index is -0.835. The number of nitrogens with one attached hydrogen (secondary N) is 1. The van der Waals surface area contributed by atoms with Crippen molar-refractivity contribution in [2.75, 3.05) is 13.7 Å². The van der Waals surface area contributed by atoms with Crippen molar-refractivity contribution in [1.29, 1.82) is 0 Å². The second kappa shape index (κ2) is 10.9. The van der Waals surface area contributed by atoms with E-state index in [1.54, 1.807) is 49.4 Å². The standard InChI is InChI=1S/C23H25NO6/c1-4-15(2)20(23(28)29-3)24-19(25)14-30-22(27)18-13-9-8-12-17(18)21(26)16-10-6-5-7-11-16/h5-13,15,20H,4,14H2,1-3H3,(H,24,25)/t15-,20+/m0/s1. The molecular formula is C23H25NO6. The molecule has 0 bridgehead atoms. The zero-order chi connectivity index (χ0) is 22.1. The third kappa shape index (κ3) is 5.76. The quantitative estimate of drug-likeness (QED) is 0.503. The van der Waals surface area contributed by atoms with Crippen molar-refractivity contribution in [3.63, 3.8) is 0 Å². The van der Waals surface area contributed by atoms with Gasteiger partial charge < -0.3 is 14.8 Å². The average molecular weight is 411 g/mol. The van der Waals surface area contributed by atoms with Gasteiger partial charge in [0.25, 0.3) is 5.91 Å². The minimum Gasteiger partial charge on any atom is -0.467 e. The van der Waals surface area contributed by atoms with Crippen molar-refractivity contribution >= 4 is 23.6 Å². The Morgan fingerprint density at radius 2 is 1.53 bits per heavy atom. The predicted molar refractivity (Wildman–Crippen MR) is 110 cm³/mol. The van der Waals surface area contributed by atoms with Crippen LogP contribution in [0.25, 0.3) is 0 Å². The van der Waals surface area contributed by atoms with Gasteiger partial charge in [-0.3, -0.25) is 9.59 Å². The van der Waals surface area contributed by atoms with E-state index in [4.69, 9.17) is 9.47 Å². The van der Waals surface area contributed by atoms with E-state index in [-0.39, 0.29) is 22.8 Å². The Morgan fingerprint density at radius 3 is 2.13 bits per heavy atom. The number of esters is 2. The van der Waals surface area contributed by atoms with Crippen LogP contribution in [0.15, 0.2) is 54.6 Å². The molecule has 1 N–H and O–H groups in total. The van der Waals surface area contributed by atoms with Crippen LogP contribution in [0.5, 0.6) is 0 Å². The predicted octanol–water partition coefficient (Wildman–Crippen LogP) is 2.78. The molecule has 0 saturated carbocycles. The summed E-state index contributed by atoms with van der Waals surface area (Å²) in [6.45, 7) is 3.10. The van der Waals surface area contributed by atoms with E-state index in [1.165, 1.54) is 19.2 Å². The van der Waals surface area contributed by atoms with Crippen LogP contribution in [0.3, 0.4) is 0 Å². The summed E-state index contributed by atoms with van der Waals surface area (Å²) in [7, 11) is 1.24. The fraction of sp³-hybridized carbons (Fsp3) is 0.304. The van der Waals surface area contributed by atoms with Crippen LogP contribution in [0.1, 0.15) is 46.5 Å². The molecule has 0 saturated heterocycles. The zero-order valence-corrected chi connectivity index (χ0v) is 17.2. The summed E-state index contributed by atoms with van der Waals surface area (Å²) < 4.78 is 9.81. The summed E-state index contributed by atoms with van der Waals surface area (Å²) in [5.74, 6) is -2.48. The Morgan fingerprint density at radius 1 is 0.933 bits per heavy atom. The number of hydrogen-bond acceptors (Lipinski definition) is 6. The van der Waals surface area contributed by atoms with Gasteiger partial charge in [-0.05, 0) is 12.0 Å². The first-order chi connectivity index (χ1) is 14.4. The Labute approximate surface area is 175 Å². The number of amides is 1. The highest BCUT2D eigenvalue weighted by atomic mass is 16.5. The lowest BCUT2D eigenvalue weighted by Gasteiger charge is -2.21. The molecule has 7 nitrogen and oxygen atoms in total. The summed E-state index contributed by atoms with van der Waals surface area (Å²) in [5, 5.41) is 2.53. The molecule has 0 radical (unpaired) electrons. The van der Waals surface area contributed by atoms with Gasteiger partial charge in [0.15, 0.2) is 12.4 Å². The van der Waals surface area contributed by atoms with Crippen LogP contribution in [0, 0.1) is 5.92 Å². The van der Waals surface area contributed by atoms with Gasteiger partial charge in [-0.1, -0.05) is 68.8 Å². The number of carbonyl (C=O) groups excluding carboxylic acids is 4. The largest absolute Gasteiger partial charge is 0.467 e. The van der Waals surface area contributed by atoms with E-state index in [2.05, 4.69) is 5.32 Å². The van der Waals surface area contributed by atoms with Crippen LogP contribution in [0.2, 0.25) is 0 Å². The molecular weight excluding hydrogens is 386 g/mol. The molecule has 0 unspecified atom stereocenters. The molecule has 2 atom stereocenters. The van der Waals surface area contributed by atoms with Crippen LogP contribution < -0.4 is 5.32 Å². The van der Waals surface area contributed by atoms with Crippen LogP contribution in [-0.4, -0.2) is 43.4 Å². The van der Waals surface area contributed by atoms with Gasteiger partial charge in [0.05, 0.1) is 12.7 Å². The van der Waals surface area contributed by atoms with Gasteiger partial charge in [-0.15, -0.1) is 0 Å². The number of hydrogen-bond donors (Lipinski definition) is 1. The highest BCUT2D eigenvalue weighted by molar-refractivity contribution is 6.14. The molecule has 1 amide bonds. The topological polar surface area (TPSA) is 98.8 Å². The van der Waals surface area contributed by atoms with Crippen molar-refractivity contribution in [3.8, 4) is 0 Å². The van der Waals surface area contributed by atoms with E-state index in [0.29, 0.717) is 12.0 Å². The lowest BCUT2D eigenvalue weighted by atomic mass is 9.98.